The third-order valence-corrected chi connectivity index (χ3v) is 5.67. The Morgan fingerprint density at radius 2 is 2.07 bits per heavy atom. The van der Waals surface area contributed by atoms with Gasteiger partial charge in [0, 0.05) is 15.7 Å². The van der Waals surface area contributed by atoms with E-state index in [0.717, 1.165) is 27.0 Å². The van der Waals surface area contributed by atoms with E-state index in [1.54, 1.807) is 7.11 Å². The van der Waals surface area contributed by atoms with Crippen molar-refractivity contribution in [2.75, 3.05) is 24.8 Å². The van der Waals surface area contributed by atoms with Crippen molar-refractivity contribution >= 4 is 33.4 Å². The van der Waals surface area contributed by atoms with Gasteiger partial charge in [-0.05, 0) is 43.0 Å². The molecule has 0 spiro atoms. The van der Waals surface area contributed by atoms with Crippen molar-refractivity contribution < 1.29 is 14.2 Å². The largest absolute Gasteiger partial charge is 0.492 e. The summed E-state index contributed by atoms with van der Waals surface area (Å²) >= 11 is 5.05. The summed E-state index contributed by atoms with van der Waals surface area (Å²) in [5.74, 6) is 2.53. The van der Waals surface area contributed by atoms with E-state index in [1.807, 2.05) is 50.2 Å². The van der Waals surface area contributed by atoms with Gasteiger partial charge in [0.15, 0.2) is 17.2 Å². The average Bonchev–Trinajstić information content (AvgIpc) is 2.90. The van der Waals surface area contributed by atoms with E-state index in [4.69, 9.17) is 14.2 Å². The number of nitrogens with one attached hydrogen (secondary N) is 1. The summed E-state index contributed by atoms with van der Waals surface area (Å²) in [7, 11) is 1.62. The molecule has 7 nitrogen and oxygen atoms in total. The summed E-state index contributed by atoms with van der Waals surface area (Å²) in [6.45, 7) is 4.51. The molecule has 2 heterocycles. The van der Waals surface area contributed by atoms with Crippen LogP contribution >= 0.6 is 27.7 Å². The fourth-order valence-corrected chi connectivity index (χ4v) is 4.09. The molecule has 9 heteroatoms. The second kappa shape index (κ2) is 9.09. The minimum Gasteiger partial charge on any atom is -0.492 e. The van der Waals surface area contributed by atoms with Crippen LogP contribution < -0.4 is 19.5 Å². The van der Waals surface area contributed by atoms with E-state index in [0.29, 0.717) is 34.8 Å². The number of rotatable bonds is 6. The monoisotopic (exact) mass is 488 g/mol. The predicted molar refractivity (Wildman–Crippen MR) is 121 cm³/mol. The maximum Gasteiger partial charge on any atom is 0.247 e. The highest BCUT2D eigenvalue weighted by molar-refractivity contribution is 9.10. The van der Waals surface area contributed by atoms with Crippen molar-refractivity contribution in [3.63, 3.8) is 0 Å². The van der Waals surface area contributed by atoms with Crippen molar-refractivity contribution in [3.8, 4) is 28.6 Å². The Balaban J connectivity index is 1.86. The molecule has 1 atom stereocenters. The first-order valence-corrected chi connectivity index (χ1v) is 11.3. The average molecular weight is 489 g/mol. The molecular weight excluding hydrogens is 468 g/mol. The second-order valence-corrected chi connectivity index (χ2v) is 8.47. The number of anilines is 1. The normalized spacial score (nSPS) is 14.6. The quantitative estimate of drug-likeness (QED) is 0.466. The van der Waals surface area contributed by atoms with E-state index in [1.165, 1.54) is 11.8 Å². The molecule has 0 radical (unpaired) electrons. The highest BCUT2D eigenvalue weighted by Crippen LogP contribution is 2.43. The number of aromatic nitrogens is 3. The molecular formula is C21H21BrN4O3S. The topological polar surface area (TPSA) is 78.4 Å². The number of hydrogen-bond donors (Lipinski definition) is 1. The number of nitrogens with zero attached hydrogens (tertiary/aromatic N) is 3. The van der Waals surface area contributed by atoms with Crippen molar-refractivity contribution in [2.24, 2.45) is 0 Å². The van der Waals surface area contributed by atoms with Gasteiger partial charge in [0.2, 0.25) is 17.3 Å². The zero-order valence-electron chi connectivity index (χ0n) is 16.8. The van der Waals surface area contributed by atoms with Crippen LogP contribution in [0.25, 0.3) is 11.3 Å². The number of hydrogen-bond acceptors (Lipinski definition) is 8. The van der Waals surface area contributed by atoms with Crippen molar-refractivity contribution in [1.82, 2.24) is 15.2 Å². The van der Waals surface area contributed by atoms with E-state index in [2.05, 4.69) is 36.4 Å². The summed E-state index contributed by atoms with van der Waals surface area (Å²) in [5.41, 5.74) is 3.10. The molecule has 1 N–H and O–H groups in total. The molecule has 2 aromatic carbocycles. The maximum atomic E-state index is 6.34. The summed E-state index contributed by atoms with van der Waals surface area (Å²) in [6.07, 6.45) is -0.558. The molecule has 3 aromatic rings. The molecule has 1 aliphatic rings. The van der Waals surface area contributed by atoms with Crippen LogP contribution in [0.5, 0.6) is 17.4 Å². The van der Waals surface area contributed by atoms with Crippen LogP contribution in [0.3, 0.4) is 0 Å². The summed E-state index contributed by atoms with van der Waals surface area (Å²) in [5, 5.41) is 12.7. The number of fused-ring (bicyclic) bond motifs is 3. The van der Waals surface area contributed by atoms with E-state index in [9.17, 15) is 0 Å². The van der Waals surface area contributed by atoms with Crippen LogP contribution in [0.1, 0.15) is 25.6 Å². The number of ether oxygens (including phenoxy) is 3. The molecule has 1 unspecified atom stereocenters. The molecule has 1 aromatic heterocycles. The van der Waals surface area contributed by atoms with Crippen molar-refractivity contribution in [3.05, 3.63) is 46.4 Å². The third kappa shape index (κ3) is 4.04. The summed E-state index contributed by atoms with van der Waals surface area (Å²) < 4.78 is 18.7. The fraction of sp³-hybridized carbons (Fsp3) is 0.286. The Hall–Kier alpha value is -2.52. The van der Waals surface area contributed by atoms with E-state index in [-0.39, 0.29) is 0 Å². The zero-order valence-corrected chi connectivity index (χ0v) is 19.2. The van der Waals surface area contributed by atoms with Gasteiger partial charge in [-0.15, -0.1) is 10.2 Å². The number of methoxy groups -OCH3 is 1. The van der Waals surface area contributed by atoms with Gasteiger partial charge in [-0.25, -0.2) is 0 Å². The van der Waals surface area contributed by atoms with Gasteiger partial charge in [-0.2, -0.15) is 4.98 Å². The van der Waals surface area contributed by atoms with Gasteiger partial charge in [0.25, 0.3) is 0 Å². The Morgan fingerprint density at radius 3 is 2.83 bits per heavy atom. The van der Waals surface area contributed by atoms with Crippen LogP contribution in [-0.4, -0.2) is 34.7 Å². The van der Waals surface area contributed by atoms with Crippen LogP contribution in [0, 0.1) is 0 Å². The molecule has 0 bridgehead atoms. The van der Waals surface area contributed by atoms with Gasteiger partial charge in [0.1, 0.15) is 0 Å². The number of halogens is 1. The van der Waals surface area contributed by atoms with Crippen molar-refractivity contribution in [2.45, 2.75) is 25.2 Å². The SMILES string of the molecule is CCOc1cccc(C2Nc3ccc(Br)cc3-c3nnc(SCC)nc3O2)c1OC. The minimum atomic E-state index is -0.558. The molecule has 0 saturated carbocycles. The van der Waals surface area contributed by atoms with Gasteiger partial charge < -0.3 is 19.5 Å². The minimum absolute atomic E-state index is 0.416. The number of benzene rings is 2. The Kier molecular flexibility index (Phi) is 6.29. The first kappa shape index (κ1) is 20.7. The first-order valence-electron chi connectivity index (χ1n) is 9.54. The smallest absolute Gasteiger partial charge is 0.247 e. The first-order chi connectivity index (χ1) is 14.6. The molecule has 0 amide bonds. The van der Waals surface area contributed by atoms with Gasteiger partial charge in [0.05, 0.1) is 19.3 Å². The third-order valence-electron chi connectivity index (χ3n) is 4.46. The predicted octanol–water partition coefficient (Wildman–Crippen LogP) is 5.32. The van der Waals surface area contributed by atoms with Crippen molar-refractivity contribution in [1.29, 1.82) is 0 Å². The zero-order chi connectivity index (χ0) is 21.1. The number of thioether (sulfide) groups is 1. The Morgan fingerprint density at radius 1 is 1.20 bits per heavy atom. The lowest BCUT2D eigenvalue weighted by molar-refractivity contribution is 0.217. The maximum absolute atomic E-state index is 6.34. The number of para-hydroxylation sites is 1. The van der Waals surface area contributed by atoms with Crippen LogP contribution in [0.15, 0.2) is 46.0 Å². The van der Waals surface area contributed by atoms with Crippen LogP contribution in [0.4, 0.5) is 5.69 Å². The molecule has 0 aliphatic carbocycles. The van der Waals surface area contributed by atoms with Crippen LogP contribution in [0.2, 0.25) is 0 Å². The van der Waals surface area contributed by atoms with Gasteiger partial charge in [-0.3, -0.25) is 0 Å². The lowest BCUT2D eigenvalue weighted by atomic mass is 10.1. The summed E-state index contributed by atoms with van der Waals surface area (Å²) in [4.78, 5) is 4.62. The molecule has 156 valence electrons. The highest BCUT2D eigenvalue weighted by atomic mass is 79.9. The Bertz CT molecular complexity index is 1070. The molecule has 0 saturated heterocycles. The lowest BCUT2D eigenvalue weighted by Gasteiger charge is -2.22. The molecule has 4 rings (SSSR count). The van der Waals surface area contributed by atoms with Crippen LogP contribution in [-0.2, 0) is 0 Å². The molecule has 1 aliphatic heterocycles. The second-order valence-electron chi connectivity index (χ2n) is 6.32. The standard InChI is InChI=1S/C21H21BrN4O3S/c1-4-28-16-8-6-7-13(18(16)27-3)19-23-15-10-9-12(22)11-14(15)17-20(29-19)24-21(26-25-17)30-5-2/h6-11,19,23H,4-5H2,1-3H3. The van der Waals surface area contributed by atoms with Gasteiger partial charge >= 0.3 is 0 Å². The van der Waals surface area contributed by atoms with Gasteiger partial charge in [-0.1, -0.05) is 40.7 Å². The fourth-order valence-electron chi connectivity index (χ4n) is 3.23. The highest BCUT2D eigenvalue weighted by Gasteiger charge is 2.29. The molecule has 0 fully saturated rings. The van der Waals surface area contributed by atoms with E-state index >= 15 is 0 Å². The Labute approximate surface area is 187 Å². The lowest BCUT2D eigenvalue weighted by Crippen LogP contribution is -2.18. The molecule has 30 heavy (non-hydrogen) atoms. The van der Waals surface area contributed by atoms with E-state index < -0.39 is 6.23 Å². The summed E-state index contributed by atoms with van der Waals surface area (Å²) in [6, 6.07) is 11.6.